The van der Waals surface area contributed by atoms with Gasteiger partial charge in [0.25, 0.3) is 0 Å². The van der Waals surface area contributed by atoms with Crippen molar-refractivity contribution >= 4 is 34.2 Å². The van der Waals surface area contributed by atoms with Gasteiger partial charge >= 0.3 is 13.1 Å². The van der Waals surface area contributed by atoms with E-state index in [1.54, 1.807) is 6.07 Å². The van der Waals surface area contributed by atoms with Crippen LogP contribution in [0, 0.1) is 0 Å². The molecule has 0 bridgehead atoms. The predicted molar refractivity (Wildman–Crippen MR) is 99.5 cm³/mol. The van der Waals surface area contributed by atoms with E-state index in [9.17, 15) is 13.2 Å². The SMILES string of the molecule is COC(=O)c1cc(B2OC(C)(C)C(C)(C)O2)cnc1NCCS(C)(=O)=O. The number of carbonyl (C=O) groups is 1. The lowest BCUT2D eigenvalue weighted by Crippen LogP contribution is -2.41. The van der Waals surface area contributed by atoms with Crippen molar-refractivity contribution in [2.24, 2.45) is 0 Å². The molecule has 144 valence electrons. The van der Waals surface area contributed by atoms with Crippen LogP contribution in [0.1, 0.15) is 38.1 Å². The summed E-state index contributed by atoms with van der Waals surface area (Å²) >= 11 is 0. The second-order valence-electron chi connectivity index (χ2n) is 7.30. The fraction of sp³-hybridized carbons (Fsp3) is 0.625. The molecule has 1 N–H and O–H groups in total. The van der Waals surface area contributed by atoms with Crippen molar-refractivity contribution in [3.8, 4) is 0 Å². The van der Waals surface area contributed by atoms with E-state index in [1.807, 2.05) is 27.7 Å². The van der Waals surface area contributed by atoms with Gasteiger partial charge in [0, 0.05) is 24.5 Å². The highest BCUT2D eigenvalue weighted by atomic mass is 32.2. The number of methoxy groups -OCH3 is 1. The standard InChI is InChI=1S/C16H25BN2O6S/c1-15(2)16(3,4)25-17(24-15)11-9-12(14(20)23-5)13(19-10-11)18-7-8-26(6,21)22/h9-10H,7-8H2,1-6H3,(H,18,19). The van der Waals surface area contributed by atoms with E-state index < -0.39 is 34.1 Å². The van der Waals surface area contributed by atoms with E-state index in [0.29, 0.717) is 5.46 Å². The fourth-order valence-corrected chi connectivity index (χ4v) is 2.82. The summed E-state index contributed by atoms with van der Waals surface area (Å²) in [7, 11) is -2.52. The Morgan fingerprint density at radius 2 is 1.85 bits per heavy atom. The number of ether oxygens (including phenoxy) is 1. The first-order valence-electron chi connectivity index (χ1n) is 8.22. The number of anilines is 1. The molecular formula is C16H25BN2O6S. The minimum Gasteiger partial charge on any atom is -0.465 e. The van der Waals surface area contributed by atoms with Gasteiger partial charge in [0.2, 0.25) is 0 Å². The van der Waals surface area contributed by atoms with Crippen molar-refractivity contribution in [1.29, 1.82) is 0 Å². The third-order valence-electron chi connectivity index (χ3n) is 4.60. The molecule has 2 heterocycles. The van der Waals surface area contributed by atoms with Gasteiger partial charge in [0.05, 0.1) is 24.1 Å². The number of hydrogen-bond donors (Lipinski definition) is 1. The third-order valence-corrected chi connectivity index (χ3v) is 5.55. The molecule has 0 unspecified atom stereocenters. The number of sulfone groups is 1. The van der Waals surface area contributed by atoms with Crippen LogP contribution in [0.3, 0.4) is 0 Å². The summed E-state index contributed by atoms with van der Waals surface area (Å²) < 4.78 is 39.3. The van der Waals surface area contributed by atoms with Gasteiger partial charge in [0.1, 0.15) is 21.2 Å². The van der Waals surface area contributed by atoms with Crippen LogP contribution in [0.4, 0.5) is 5.82 Å². The molecule has 26 heavy (non-hydrogen) atoms. The van der Waals surface area contributed by atoms with Gasteiger partial charge in [0.15, 0.2) is 0 Å². The highest BCUT2D eigenvalue weighted by molar-refractivity contribution is 7.90. The Kier molecular flexibility index (Phi) is 5.70. The van der Waals surface area contributed by atoms with E-state index in [-0.39, 0.29) is 23.7 Å². The average molecular weight is 384 g/mol. The number of rotatable bonds is 6. The van der Waals surface area contributed by atoms with Gasteiger partial charge in [-0.2, -0.15) is 0 Å². The van der Waals surface area contributed by atoms with Gasteiger partial charge in [-0.3, -0.25) is 0 Å². The molecular weight excluding hydrogens is 359 g/mol. The number of pyridine rings is 1. The molecule has 1 aromatic heterocycles. The summed E-state index contributed by atoms with van der Waals surface area (Å²) in [6, 6.07) is 1.59. The van der Waals surface area contributed by atoms with Crippen LogP contribution < -0.4 is 10.8 Å². The summed E-state index contributed by atoms with van der Waals surface area (Å²) in [5, 5.41) is 2.86. The van der Waals surface area contributed by atoms with E-state index in [2.05, 4.69) is 10.3 Å². The van der Waals surface area contributed by atoms with Gasteiger partial charge < -0.3 is 19.4 Å². The number of carbonyl (C=O) groups excluding carboxylic acids is 1. The second-order valence-corrected chi connectivity index (χ2v) is 9.56. The largest absolute Gasteiger partial charge is 0.496 e. The van der Waals surface area contributed by atoms with E-state index in [0.717, 1.165) is 6.26 Å². The molecule has 0 spiro atoms. The lowest BCUT2D eigenvalue weighted by atomic mass is 9.79. The molecule has 0 aromatic carbocycles. The summed E-state index contributed by atoms with van der Waals surface area (Å²) in [5.41, 5.74) is -0.267. The minimum absolute atomic E-state index is 0.0751. The predicted octanol–water partition coefficient (Wildman–Crippen LogP) is 0.624. The molecule has 1 aliphatic rings. The molecule has 8 nitrogen and oxygen atoms in total. The number of aromatic nitrogens is 1. The maximum absolute atomic E-state index is 12.1. The maximum Gasteiger partial charge on any atom is 0.496 e. The van der Waals surface area contributed by atoms with Crippen molar-refractivity contribution < 1.29 is 27.3 Å². The van der Waals surface area contributed by atoms with E-state index in [1.165, 1.54) is 13.3 Å². The Labute approximate surface area is 154 Å². The van der Waals surface area contributed by atoms with Crippen LogP contribution in [0.25, 0.3) is 0 Å². The number of nitrogens with one attached hydrogen (secondary N) is 1. The van der Waals surface area contributed by atoms with Crippen molar-refractivity contribution in [2.45, 2.75) is 38.9 Å². The monoisotopic (exact) mass is 384 g/mol. The average Bonchev–Trinajstić information content (AvgIpc) is 2.73. The highest BCUT2D eigenvalue weighted by Gasteiger charge is 2.52. The third kappa shape index (κ3) is 4.55. The smallest absolute Gasteiger partial charge is 0.465 e. The normalized spacial score (nSPS) is 18.6. The van der Waals surface area contributed by atoms with Gasteiger partial charge in [-0.25, -0.2) is 18.2 Å². The van der Waals surface area contributed by atoms with Crippen LogP contribution >= 0.6 is 0 Å². The Balaban J connectivity index is 2.27. The van der Waals surface area contributed by atoms with Gasteiger partial charge in [-0.1, -0.05) is 0 Å². The Bertz CT molecular complexity index is 778. The molecule has 10 heteroatoms. The van der Waals surface area contributed by atoms with Crippen molar-refractivity contribution in [1.82, 2.24) is 4.98 Å². The van der Waals surface area contributed by atoms with E-state index in [4.69, 9.17) is 14.0 Å². The lowest BCUT2D eigenvalue weighted by molar-refractivity contribution is 0.00578. The number of hydrogen-bond acceptors (Lipinski definition) is 8. The molecule has 0 radical (unpaired) electrons. The Morgan fingerprint density at radius 1 is 1.27 bits per heavy atom. The molecule has 1 saturated heterocycles. The molecule has 0 amide bonds. The first-order valence-corrected chi connectivity index (χ1v) is 10.3. The molecule has 1 aliphatic heterocycles. The summed E-state index contributed by atoms with van der Waals surface area (Å²) in [4.78, 5) is 16.4. The van der Waals surface area contributed by atoms with Crippen LogP contribution in [0.15, 0.2) is 12.3 Å². The van der Waals surface area contributed by atoms with E-state index >= 15 is 0 Å². The minimum atomic E-state index is -3.13. The second kappa shape index (κ2) is 7.17. The number of esters is 1. The Hall–Kier alpha value is -1.65. The molecule has 1 aromatic rings. The van der Waals surface area contributed by atoms with Crippen molar-refractivity contribution in [3.05, 3.63) is 17.8 Å². The zero-order valence-corrected chi connectivity index (χ0v) is 16.8. The molecule has 2 rings (SSSR count). The number of nitrogens with zero attached hydrogens (tertiary/aromatic N) is 1. The first kappa shape index (κ1) is 20.7. The van der Waals surface area contributed by atoms with Crippen molar-refractivity contribution in [3.63, 3.8) is 0 Å². The maximum atomic E-state index is 12.1. The van der Waals surface area contributed by atoms with Gasteiger partial charge in [-0.15, -0.1) is 0 Å². The van der Waals surface area contributed by atoms with Crippen LogP contribution in [-0.4, -0.2) is 63.4 Å². The Morgan fingerprint density at radius 3 is 2.35 bits per heavy atom. The molecule has 1 fully saturated rings. The quantitative estimate of drug-likeness (QED) is 0.563. The molecule has 0 aliphatic carbocycles. The fourth-order valence-electron chi connectivity index (χ4n) is 2.35. The van der Waals surface area contributed by atoms with Crippen LogP contribution in [0.5, 0.6) is 0 Å². The van der Waals surface area contributed by atoms with Crippen molar-refractivity contribution in [2.75, 3.05) is 31.0 Å². The van der Waals surface area contributed by atoms with Gasteiger partial charge in [-0.05, 0) is 33.8 Å². The zero-order valence-electron chi connectivity index (χ0n) is 16.0. The molecule has 0 atom stereocenters. The summed E-state index contributed by atoms with van der Waals surface area (Å²) in [5.74, 6) is -0.410. The zero-order chi connectivity index (χ0) is 19.8. The molecule has 0 saturated carbocycles. The summed E-state index contributed by atoms with van der Waals surface area (Å²) in [6.07, 6.45) is 2.68. The van der Waals surface area contributed by atoms with Crippen LogP contribution in [-0.2, 0) is 23.9 Å². The topological polar surface area (TPSA) is 104 Å². The highest BCUT2D eigenvalue weighted by Crippen LogP contribution is 2.36. The lowest BCUT2D eigenvalue weighted by Gasteiger charge is -2.32. The first-order chi connectivity index (χ1) is 11.9. The van der Waals surface area contributed by atoms with Crippen LogP contribution in [0.2, 0.25) is 0 Å². The summed E-state index contributed by atoms with van der Waals surface area (Å²) in [6.45, 7) is 7.86.